The van der Waals surface area contributed by atoms with Crippen LogP contribution in [0.25, 0.3) is 10.9 Å². The molecule has 0 spiro atoms. The molecular formula is C21H22N2O3. The maximum absolute atomic E-state index is 12.9. The summed E-state index contributed by atoms with van der Waals surface area (Å²) >= 11 is 0. The molecule has 0 saturated carbocycles. The highest BCUT2D eigenvalue weighted by atomic mass is 16.5. The van der Waals surface area contributed by atoms with Crippen LogP contribution in [0.1, 0.15) is 36.7 Å². The zero-order chi connectivity index (χ0) is 18.9. The van der Waals surface area contributed by atoms with Gasteiger partial charge in [-0.15, -0.1) is 0 Å². The molecule has 0 aliphatic heterocycles. The van der Waals surface area contributed by atoms with Crippen LogP contribution < -0.4 is 10.1 Å². The predicted molar refractivity (Wildman–Crippen MR) is 103 cm³/mol. The van der Waals surface area contributed by atoms with Crippen molar-refractivity contribution in [3.8, 4) is 5.75 Å². The van der Waals surface area contributed by atoms with Crippen LogP contribution in [0.4, 0.5) is 5.69 Å². The molecule has 2 aromatic carbocycles. The van der Waals surface area contributed by atoms with Crippen molar-refractivity contribution in [1.29, 1.82) is 0 Å². The number of aromatic amines is 1. The summed E-state index contributed by atoms with van der Waals surface area (Å²) < 4.78 is 5.30. The molecule has 2 N–H and O–H groups in total. The Morgan fingerprint density at radius 2 is 1.77 bits per heavy atom. The van der Waals surface area contributed by atoms with Gasteiger partial charge in [0.1, 0.15) is 5.75 Å². The molecule has 1 amide bonds. The lowest BCUT2D eigenvalue weighted by atomic mass is 9.83. The van der Waals surface area contributed by atoms with Gasteiger partial charge >= 0.3 is 0 Å². The van der Waals surface area contributed by atoms with E-state index in [2.05, 4.69) is 10.3 Å². The maximum atomic E-state index is 12.9. The minimum absolute atomic E-state index is 0.00375. The third-order valence-corrected chi connectivity index (χ3v) is 4.68. The molecule has 3 aromatic rings. The van der Waals surface area contributed by atoms with Crippen LogP contribution in [0, 0.1) is 0 Å². The summed E-state index contributed by atoms with van der Waals surface area (Å²) in [6, 6.07) is 12.6. The number of nitrogens with one attached hydrogen (secondary N) is 2. The topological polar surface area (TPSA) is 71.2 Å². The summed E-state index contributed by atoms with van der Waals surface area (Å²) in [4.78, 5) is 27.5. The molecule has 3 rings (SSSR count). The fourth-order valence-electron chi connectivity index (χ4n) is 2.94. The third kappa shape index (κ3) is 3.20. The molecule has 0 bridgehead atoms. The molecule has 5 nitrogen and oxygen atoms in total. The van der Waals surface area contributed by atoms with E-state index in [1.165, 1.54) is 6.92 Å². The molecule has 5 heteroatoms. The average Bonchev–Trinajstić information content (AvgIpc) is 3.05. The zero-order valence-electron chi connectivity index (χ0n) is 15.3. The summed E-state index contributed by atoms with van der Waals surface area (Å²) in [6.07, 6.45) is 1.86. The molecule has 0 atom stereocenters. The summed E-state index contributed by atoms with van der Waals surface area (Å²) in [5.74, 6) is 0.613. The lowest BCUT2D eigenvalue weighted by molar-refractivity contribution is -0.120. The Labute approximate surface area is 152 Å². The van der Waals surface area contributed by atoms with Gasteiger partial charge in [-0.3, -0.25) is 9.59 Å². The zero-order valence-corrected chi connectivity index (χ0v) is 15.3. The van der Waals surface area contributed by atoms with Crippen molar-refractivity contribution in [3.63, 3.8) is 0 Å². The Morgan fingerprint density at radius 1 is 1.08 bits per heavy atom. The second kappa shape index (κ2) is 6.67. The normalized spacial score (nSPS) is 11.4. The minimum atomic E-state index is -0.760. The molecule has 0 aliphatic carbocycles. The van der Waals surface area contributed by atoms with Gasteiger partial charge in [-0.1, -0.05) is 0 Å². The number of hydrogen-bond acceptors (Lipinski definition) is 3. The molecular weight excluding hydrogens is 328 g/mol. The van der Waals surface area contributed by atoms with Gasteiger partial charge in [-0.2, -0.15) is 0 Å². The smallest absolute Gasteiger partial charge is 0.234 e. The van der Waals surface area contributed by atoms with E-state index in [9.17, 15) is 9.59 Å². The molecule has 0 unspecified atom stereocenters. The number of hydrogen-bond donors (Lipinski definition) is 2. The Hall–Kier alpha value is -3.08. The highest BCUT2D eigenvalue weighted by Crippen LogP contribution is 2.33. The van der Waals surface area contributed by atoms with Crippen molar-refractivity contribution >= 4 is 28.3 Å². The minimum Gasteiger partial charge on any atom is -0.497 e. The van der Waals surface area contributed by atoms with Gasteiger partial charge < -0.3 is 15.0 Å². The van der Waals surface area contributed by atoms with Crippen molar-refractivity contribution in [2.75, 3.05) is 12.4 Å². The van der Waals surface area contributed by atoms with Crippen molar-refractivity contribution in [1.82, 2.24) is 4.98 Å². The van der Waals surface area contributed by atoms with E-state index in [0.29, 0.717) is 11.3 Å². The van der Waals surface area contributed by atoms with Gasteiger partial charge in [0.25, 0.3) is 0 Å². The second-order valence-corrected chi connectivity index (χ2v) is 6.83. The molecule has 1 heterocycles. The maximum Gasteiger partial charge on any atom is 0.234 e. The van der Waals surface area contributed by atoms with E-state index in [1.807, 2.05) is 38.2 Å². The van der Waals surface area contributed by atoms with Crippen LogP contribution in [0.2, 0.25) is 0 Å². The van der Waals surface area contributed by atoms with E-state index in [-0.39, 0.29) is 11.7 Å². The first-order valence-corrected chi connectivity index (χ1v) is 8.41. The molecule has 0 saturated heterocycles. The predicted octanol–water partition coefficient (Wildman–Crippen LogP) is 4.30. The van der Waals surface area contributed by atoms with E-state index < -0.39 is 5.41 Å². The highest BCUT2D eigenvalue weighted by molar-refractivity contribution is 6.02. The summed E-state index contributed by atoms with van der Waals surface area (Å²) in [6.45, 7) is 5.28. The van der Waals surface area contributed by atoms with E-state index in [1.54, 1.807) is 31.4 Å². The van der Waals surface area contributed by atoms with Gasteiger partial charge in [-0.05, 0) is 68.8 Å². The van der Waals surface area contributed by atoms with Crippen molar-refractivity contribution in [3.05, 3.63) is 59.8 Å². The molecule has 0 aliphatic rings. The van der Waals surface area contributed by atoms with Crippen molar-refractivity contribution in [2.45, 2.75) is 26.2 Å². The number of anilines is 1. The van der Waals surface area contributed by atoms with Gasteiger partial charge in [0.2, 0.25) is 5.91 Å². The molecule has 134 valence electrons. The van der Waals surface area contributed by atoms with Gasteiger partial charge in [0.15, 0.2) is 5.78 Å². The first kappa shape index (κ1) is 17.7. The van der Waals surface area contributed by atoms with Crippen molar-refractivity contribution in [2.24, 2.45) is 0 Å². The molecule has 0 fully saturated rings. The number of rotatable bonds is 5. The van der Waals surface area contributed by atoms with E-state index >= 15 is 0 Å². The van der Waals surface area contributed by atoms with Crippen LogP contribution in [0.15, 0.2) is 48.7 Å². The standard InChI is InChI=1S/C21H22N2O3/c1-13(24)14-5-7-15(8-6-14)23-20(25)21(2,3)18-12-22-19-10-9-16(26-4)11-17(18)19/h5-12,22H,1-4H3,(H,23,25). The fourth-order valence-corrected chi connectivity index (χ4v) is 2.94. The van der Waals surface area contributed by atoms with Crippen molar-refractivity contribution < 1.29 is 14.3 Å². The number of ether oxygens (including phenoxy) is 1. The summed E-state index contributed by atoms with van der Waals surface area (Å²) in [5, 5.41) is 3.89. The highest BCUT2D eigenvalue weighted by Gasteiger charge is 2.32. The molecule has 0 radical (unpaired) electrons. The van der Waals surface area contributed by atoms with Crippen LogP contribution in [0.5, 0.6) is 5.75 Å². The van der Waals surface area contributed by atoms with Gasteiger partial charge in [0.05, 0.1) is 12.5 Å². The Balaban J connectivity index is 1.89. The number of carbonyl (C=O) groups excluding carboxylic acids is 2. The van der Waals surface area contributed by atoms with Crippen LogP contribution in [0.3, 0.4) is 0 Å². The first-order chi connectivity index (χ1) is 12.3. The largest absolute Gasteiger partial charge is 0.497 e. The van der Waals surface area contributed by atoms with Gasteiger partial charge in [0, 0.05) is 28.4 Å². The summed E-state index contributed by atoms with van der Waals surface area (Å²) in [7, 11) is 1.62. The van der Waals surface area contributed by atoms with Crippen LogP contribution in [-0.4, -0.2) is 23.8 Å². The monoisotopic (exact) mass is 350 g/mol. The van der Waals surface area contributed by atoms with Crippen LogP contribution in [-0.2, 0) is 10.2 Å². The first-order valence-electron chi connectivity index (χ1n) is 8.41. The number of fused-ring (bicyclic) bond motifs is 1. The SMILES string of the molecule is COc1ccc2[nH]cc(C(C)(C)C(=O)Nc3ccc(C(C)=O)cc3)c2c1. The Kier molecular flexibility index (Phi) is 4.55. The number of ketones is 1. The number of amides is 1. The number of carbonyl (C=O) groups is 2. The average molecular weight is 350 g/mol. The summed E-state index contributed by atoms with van der Waals surface area (Å²) in [5.41, 5.74) is 2.36. The number of methoxy groups -OCH3 is 1. The molecule has 26 heavy (non-hydrogen) atoms. The van der Waals surface area contributed by atoms with E-state index in [0.717, 1.165) is 22.2 Å². The Morgan fingerprint density at radius 3 is 2.38 bits per heavy atom. The number of aromatic nitrogens is 1. The lowest BCUT2D eigenvalue weighted by Crippen LogP contribution is -2.34. The Bertz CT molecular complexity index is 969. The number of benzene rings is 2. The number of H-pyrrole nitrogens is 1. The molecule has 1 aromatic heterocycles. The second-order valence-electron chi connectivity index (χ2n) is 6.83. The van der Waals surface area contributed by atoms with E-state index in [4.69, 9.17) is 4.74 Å². The van der Waals surface area contributed by atoms with Gasteiger partial charge in [-0.25, -0.2) is 0 Å². The fraction of sp³-hybridized carbons (Fsp3) is 0.238. The van der Waals surface area contributed by atoms with Crippen LogP contribution >= 0.6 is 0 Å². The third-order valence-electron chi connectivity index (χ3n) is 4.68. The quantitative estimate of drug-likeness (QED) is 0.674. The number of Topliss-reactive ketones (excluding diaryl/α,β-unsaturated/α-hetero) is 1. The lowest BCUT2D eigenvalue weighted by Gasteiger charge is -2.23.